The van der Waals surface area contributed by atoms with Gasteiger partial charge in [0.15, 0.2) is 5.96 Å². The maximum Gasteiger partial charge on any atom is 0.242 e. The molecule has 1 aliphatic rings. The minimum absolute atomic E-state index is 0.0921. The molecular weight excluding hydrogens is 366 g/mol. The third kappa shape index (κ3) is 5.88. The standard InChI is InChI=1S/C22H29N5O2/c1-2-23-22(25-17-21(29)24-16-18-8-4-3-5-9-18)27-14-12-26(13-15-27)19-10-6-7-11-20(19)28/h3-11,28H,2,12-17H2,1H3,(H,23,25)(H,24,29). The normalized spacial score (nSPS) is 14.6. The van der Waals surface area contributed by atoms with Crippen LogP contribution in [0.5, 0.6) is 5.75 Å². The zero-order chi connectivity index (χ0) is 20.5. The van der Waals surface area contributed by atoms with Gasteiger partial charge in [-0.2, -0.15) is 0 Å². The van der Waals surface area contributed by atoms with E-state index in [9.17, 15) is 9.90 Å². The predicted molar refractivity (Wildman–Crippen MR) is 116 cm³/mol. The van der Waals surface area contributed by atoms with Crippen molar-refractivity contribution in [3.05, 3.63) is 60.2 Å². The molecule has 0 aliphatic carbocycles. The minimum atomic E-state index is -0.0999. The monoisotopic (exact) mass is 395 g/mol. The number of rotatable bonds is 6. The van der Waals surface area contributed by atoms with Crippen molar-refractivity contribution in [2.75, 3.05) is 44.2 Å². The lowest BCUT2D eigenvalue weighted by Gasteiger charge is -2.37. The highest BCUT2D eigenvalue weighted by atomic mass is 16.3. The van der Waals surface area contributed by atoms with Crippen LogP contribution in [0, 0.1) is 0 Å². The number of hydrogen-bond acceptors (Lipinski definition) is 4. The number of guanidine groups is 1. The Labute approximate surface area is 172 Å². The van der Waals surface area contributed by atoms with Crippen molar-refractivity contribution in [3.8, 4) is 5.75 Å². The van der Waals surface area contributed by atoms with Crippen molar-refractivity contribution < 1.29 is 9.90 Å². The molecular formula is C22H29N5O2. The van der Waals surface area contributed by atoms with E-state index in [1.54, 1.807) is 6.07 Å². The second-order valence-corrected chi connectivity index (χ2v) is 6.90. The molecule has 1 aliphatic heterocycles. The Hall–Kier alpha value is -3.22. The number of nitrogens with one attached hydrogen (secondary N) is 2. The van der Waals surface area contributed by atoms with Crippen molar-refractivity contribution in [3.63, 3.8) is 0 Å². The second kappa shape index (κ2) is 10.4. The largest absolute Gasteiger partial charge is 0.506 e. The van der Waals surface area contributed by atoms with Crippen molar-refractivity contribution in [2.45, 2.75) is 13.5 Å². The number of piperazine rings is 1. The molecule has 0 radical (unpaired) electrons. The molecule has 0 atom stereocenters. The molecule has 3 rings (SSSR count). The quantitative estimate of drug-likeness (QED) is 0.513. The summed E-state index contributed by atoms with van der Waals surface area (Å²) in [6, 6.07) is 17.2. The van der Waals surface area contributed by atoms with Crippen LogP contribution in [0.3, 0.4) is 0 Å². The zero-order valence-corrected chi connectivity index (χ0v) is 16.8. The maximum atomic E-state index is 12.2. The van der Waals surface area contributed by atoms with Crippen molar-refractivity contribution >= 4 is 17.6 Å². The SMILES string of the molecule is CCNC(=NCC(=O)NCc1ccccc1)N1CCN(c2ccccc2O)CC1. The number of phenols is 1. The first-order valence-corrected chi connectivity index (χ1v) is 10.0. The van der Waals surface area contributed by atoms with Crippen LogP contribution in [0.2, 0.25) is 0 Å². The molecule has 0 bridgehead atoms. The van der Waals surface area contributed by atoms with E-state index in [0.29, 0.717) is 12.3 Å². The van der Waals surface area contributed by atoms with Crippen LogP contribution in [-0.4, -0.2) is 61.1 Å². The summed E-state index contributed by atoms with van der Waals surface area (Å²) in [4.78, 5) is 21.0. The number of anilines is 1. The number of para-hydroxylation sites is 2. The first kappa shape index (κ1) is 20.5. The Kier molecular flexibility index (Phi) is 7.33. The molecule has 0 aromatic heterocycles. The van der Waals surface area contributed by atoms with E-state index in [0.717, 1.165) is 49.9 Å². The number of carbonyl (C=O) groups excluding carboxylic acids is 1. The zero-order valence-electron chi connectivity index (χ0n) is 16.8. The molecule has 0 unspecified atom stereocenters. The highest BCUT2D eigenvalue weighted by Gasteiger charge is 2.21. The number of aliphatic imine (C=N–C) groups is 1. The smallest absolute Gasteiger partial charge is 0.242 e. The van der Waals surface area contributed by atoms with Crippen LogP contribution < -0.4 is 15.5 Å². The number of phenolic OH excluding ortho intramolecular Hbond substituents is 1. The Morgan fingerprint density at radius 1 is 1.00 bits per heavy atom. The molecule has 0 saturated carbocycles. The number of carbonyl (C=O) groups is 1. The Bertz CT molecular complexity index is 817. The third-order valence-electron chi connectivity index (χ3n) is 4.84. The molecule has 7 heteroatoms. The van der Waals surface area contributed by atoms with Gasteiger partial charge in [0.1, 0.15) is 12.3 Å². The first-order valence-electron chi connectivity index (χ1n) is 10.0. The molecule has 1 saturated heterocycles. The highest BCUT2D eigenvalue weighted by Crippen LogP contribution is 2.27. The van der Waals surface area contributed by atoms with Gasteiger partial charge in [-0.25, -0.2) is 4.99 Å². The van der Waals surface area contributed by atoms with Crippen LogP contribution in [0.1, 0.15) is 12.5 Å². The summed E-state index contributed by atoms with van der Waals surface area (Å²) in [5.41, 5.74) is 1.92. The third-order valence-corrected chi connectivity index (χ3v) is 4.84. The van der Waals surface area contributed by atoms with Crippen LogP contribution in [-0.2, 0) is 11.3 Å². The molecule has 1 amide bonds. The van der Waals surface area contributed by atoms with Gasteiger partial charge in [-0.15, -0.1) is 0 Å². The fourth-order valence-corrected chi connectivity index (χ4v) is 3.32. The molecule has 0 spiro atoms. The van der Waals surface area contributed by atoms with Gasteiger partial charge in [0.2, 0.25) is 5.91 Å². The van der Waals surface area contributed by atoms with Crippen molar-refractivity contribution in [1.82, 2.24) is 15.5 Å². The molecule has 7 nitrogen and oxygen atoms in total. The average Bonchev–Trinajstić information content (AvgIpc) is 2.76. The van der Waals surface area contributed by atoms with Gasteiger partial charge < -0.3 is 25.5 Å². The van der Waals surface area contributed by atoms with E-state index < -0.39 is 0 Å². The lowest BCUT2D eigenvalue weighted by molar-refractivity contribution is -0.119. The average molecular weight is 396 g/mol. The van der Waals surface area contributed by atoms with Gasteiger partial charge in [0, 0.05) is 39.3 Å². The number of amides is 1. The highest BCUT2D eigenvalue weighted by molar-refractivity contribution is 5.85. The van der Waals surface area contributed by atoms with E-state index >= 15 is 0 Å². The number of benzene rings is 2. The van der Waals surface area contributed by atoms with Crippen molar-refractivity contribution in [2.24, 2.45) is 4.99 Å². The lowest BCUT2D eigenvalue weighted by atomic mass is 10.2. The molecule has 154 valence electrons. The van der Waals surface area contributed by atoms with Crippen LogP contribution in [0.25, 0.3) is 0 Å². The van der Waals surface area contributed by atoms with Crippen LogP contribution in [0.4, 0.5) is 5.69 Å². The molecule has 2 aromatic rings. The van der Waals surface area contributed by atoms with Crippen molar-refractivity contribution in [1.29, 1.82) is 0 Å². The van der Waals surface area contributed by atoms with Gasteiger partial charge in [-0.3, -0.25) is 4.79 Å². The summed E-state index contributed by atoms with van der Waals surface area (Å²) >= 11 is 0. The second-order valence-electron chi connectivity index (χ2n) is 6.90. The van der Waals surface area contributed by atoms with Crippen LogP contribution in [0.15, 0.2) is 59.6 Å². The van der Waals surface area contributed by atoms with E-state index in [4.69, 9.17) is 0 Å². The molecule has 3 N–H and O–H groups in total. The molecule has 29 heavy (non-hydrogen) atoms. The topological polar surface area (TPSA) is 80.2 Å². The van der Waals surface area contributed by atoms with E-state index in [1.165, 1.54) is 0 Å². The summed E-state index contributed by atoms with van der Waals surface area (Å²) in [5, 5.41) is 16.2. The Morgan fingerprint density at radius 3 is 2.38 bits per heavy atom. The summed E-state index contributed by atoms with van der Waals surface area (Å²) in [7, 11) is 0. The lowest BCUT2D eigenvalue weighted by Crippen LogP contribution is -2.52. The van der Waals surface area contributed by atoms with Gasteiger partial charge in [0.05, 0.1) is 5.69 Å². The van der Waals surface area contributed by atoms with Gasteiger partial charge in [-0.1, -0.05) is 42.5 Å². The fourth-order valence-electron chi connectivity index (χ4n) is 3.32. The van der Waals surface area contributed by atoms with Gasteiger partial charge >= 0.3 is 0 Å². The number of hydrogen-bond donors (Lipinski definition) is 3. The van der Waals surface area contributed by atoms with Gasteiger partial charge in [-0.05, 0) is 24.6 Å². The summed E-state index contributed by atoms with van der Waals surface area (Å²) in [6.07, 6.45) is 0. The van der Waals surface area contributed by atoms with Crippen LogP contribution >= 0.6 is 0 Å². The summed E-state index contributed by atoms with van der Waals surface area (Å²) < 4.78 is 0. The molecule has 1 fully saturated rings. The maximum absolute atomic E-state index is 12.2. The predicted octanol–water partition coefficient (Wildman–Crippen LogP) is 1.80. The fraction of sp³-hybridized carbons (Fsp3) is 0.364. The Morgan fingerprint density at radius 2 is 1.69 bits per heavy atom. The minimum Gasteiger partial charge on any atom is -0.506 e. The van der Waals surface area contributed by atoms with E-state index in [2.05, 4.69) is 25.4 Å². The summed E-state index contributed by atoms with van der Waals surface area (Å²) in [5.74, 6) is 0.952. The van der Waals surface area contributed by atoms with E-state index in [-0.39, 0.29) is 12.5 Å². The number of nitrogens with zero attached hydrogens (tertiary/aromatic N) is 3. The molecule has 2 aromatic carbocycles. The summed E-state index contributed by atoms with van der Waals surface area (Å²) in [6.45, 7) is 6.45. The number of aromatic hydroxyl groups is 1. The molecule has 1 heterocycles. The Balaban J connectivity index is 1.52. The van der Waals surface area contributed by atoms with E-state index in [1.807, 2.05) is 55.5 Å². The van der Waals surface area contributed by atoms with Gasteiger partial charge in [0.25, 0.3) is 0 Å². The first-order chi connectivity index (χ1) is 14.2.